The molecule has 1 aliphatic heterocycles. The zero-order chi connectivity index (χ0) is 23.4. The first-order valence-electron chi connectivity index (χ1n) is 11.5. The lowest BCUT2D eigenvalue weighted by molar-refractivity contribution is -0.149. The smallest absolute Gasteiger partial charge is 0.306 e. The number of hydrogen-bond donors (Lipinski definition) is 4. The molecule has 31 heavy (non-hydrogen) atoms. The van der Waals surface area contributed by atoms with E-state index < -0.39 is 24.4 Å². The van der Waals surface area contributed by atoms with Crippen molar-refractivity contribution in [3.8, 4) is 0 Å². The Balaban J connectivity index is 2.66. The van der Waals surface area contributed by atoms with Gasteiger partial charge in [-0.15, -0.1) is 0 Å². The monoisotopic (exact) mass is 438 g/mol. The maximum absolute atomic E-state index is 12.3. The summed E-state index contributed by atoms with van der Waals surface area (Å²) in [5, 5.41) is 39.7. The molecule has 0 aliphatic carbocycles. The van der Waals surface area contributed by atoms with Crippen LogP contribution >= 0.6 is 0 Å². The number of carbonyl (C=O) groups excluding carboxylic acids is 1. The summed E-state index contributed by atoms with van der Waals surface area (Å²) in [5.74, 6) is -0.302. The van der Waals surface area contributed by atoms with Gasteiger partial charge in [-0.1, -0.05) is 36.0 Å². The van der Waals surface area contributed by atoms with E-state index in [1.165, 1.54) is 0 Å². The Kier molecular flexibility index (Phi) is 13.0. The number of aliphatic hydroxyl groups is 4. The van der Waals surface area contributed by atoms with Crippen molar-refractivity contribution in [3.63, 3.8) is 0 Å². The first-order valence-corrected chi connectivity index (χ1v) is 11.5. The van der Waals surface area contributed by atoms with E-state index in [0.717, 1.165) is 23.1 Å². The summed E-state index contributed by atoms with van der Waals surface area (Å²) in [7, 11) is 0. The Morgan fingerprint density at radius 3 is 2.65 bits per heavy atom. The Bertz CT molecular complexity index is 609. The molecular weight excluding hydrogens is 396 g/mol. The molecule has 0 aromatic rings. The summed E-state index contributed by atoms with van der Waals surface area (Å²) < 4.78 is 5.69. The highest BCUT2D eigenvalue weighted by atomic mass is 16.5. The molecule has 0 aromatic carbocycles. The molecule has 1 aliphatic rings. The molecule has 0 amide bonds. The molecule has 0 fully saturated rings. The van der Waals surface area contributed by atoms with Crippen molar-refractivity contribution in [1.29, 1.82) is 0 Å². The lowest BCUT2D eigenvalue weighted by Gasteiger charge is -2.22. The predicted octanol–water partition coefficient (Wildman–Crippen LogP) is 3.73. The largest absolute Gasteiger partial charge is 0.462 e. The van der Waals surface area contributed by atoms with Crippen molar-refractivity contribution in [2.24, 2.45) is 0 Å². The van der Waals surface area contributed by atoms with Crippen molar-refractivity contribution >= 4 is 5.97 Å². The van der Waals surface area contributed by atoms with Gasteiger partial charge in [0.15, 0.2) is 0 Å². The van der Waals surface area contributed by atoms with E-state index >= 15 is 0 Å². The van der Waals surface area contributed by atoms with Gasteiger partial charge in [-0.3, -0.25) is 4.79 Å². The average molecular weight is 439 g/mol. The van der Waals surface area contributed by atoms with Crippen LogP contribution in [0.1, 0.15) is 84.5 Å². The molecule has 178 valence electrons. The van der Waals surface area contributed by atoms with Crippen LogP contribution in [0.5, 0.6) is 0 Å². The molecule has 6 heteroatoms. The summed E-state index contributed by atoms with van der Waals surface area (Å²) in [6.45, 7) is 11.7. The number of aliphatic hydroxyl groups excluding tert-OH is 4. The van der Waals surface area contributed by atoms with Gasteiger partial charge in [-0.25, -0.2) is 0 Å². The normalized spacial score (nSPS) is 28.1. The first-order chi connectivity index (χ1) is 14.5. The lowest BCUT2D eigenvalue weighted by atomic mass is 9.94. The van der Waals surface area contributed by atoms with E-state index in [4.69, 9.17) is 4.74 Å². The number of esters is 1. The van der Waals surface area contributed by atoms with Gasteiger partial charge in [0.05, 0.1) is 24.4 Å². The van der Waals surface area contributed by atoms with E-state index in [2.05, 4.69) is 13.2 Å². The highest BCUT2D eigenvalue weighted by Crippen LogP contribution is 2.24. The molecule has 1 heterocycles. The highest BCUT2D eigenvalue weighted by Gasteiger charge is 2.20. The highest BCUT2D eigenvalue weighted by molar-refractivity contribution is 5.69. The van der Waals surface area contributed by atoms with Crippen LogP contribution in [-0.4, -0.2) is 56.9 Å². The molecule has 0 spiro atoms. The second-order valence-electron chi connectivity index (χ2n) is 9.19. The molecule has 0 bridgehead atoms. The van der Waals surface area contributed by atoms with Crippen LogP contribution in [0.4, 0.5) is 0 Å². The van der Waals surface area contributed by atoms with Crippen LogP contribution in [0.25, 0.3) is 0 Å². The molecule has 0 saturated carbocycles. The molecule has 0 unspecified atom stereocenters. The molecule has 0 radical (unpaired) electrons. The fourth-order valence-electron chi connectivity index (χ4n) is 4.04. The number of rotatable bonds is 8. The summed E-state index contributed by atoms with van der Waals surface area (Å²) in [6, 6.07) is 0. The van der Waals surface area contributed by atoms with Crippen LogP contribution in [0.15, 0.2) is 36.0 Å². The predicted molar refractivity (Wildman–Crippen MR) is 122 cm³/mol. The SMILES string of the molecule is C=C(CCC[C@@H](O)C[C@H](C)O)C[C@@H]1CC(=C)C[C@@H](O)C/C(C)=C\[C@@H](O)CCCC(=O)O1. The van der Waals surface area contributed by atoms with E-state index in [9.17, 15) is 25.2 Å². The fourth-order valence-corrected chi connectivity index (χ4v) is 4.04. The Hall–Kier alpha value is -1.47. The Morgan fingerprint density at radius 1 is 1.26 bits per heavy atom. The van der Waals surface area contributed by atoms with Crippen LogP contribution in [-0.2, 0) is 9.53 Å². The van der Waals surface area contributed by atoms with Crippen LogP contribution in [0.2, 0.25) is 0 Å². The molecule has 0 saturated heterocycles. The second-order valence-corrected chi connectivity index (χ2v) is 9.19. The van der Waals surface area contributed by atoms with Crippen LogP contribution in [0.3, 0.4) is 0 Å². The molecule has 4 N–H and O–H groups in total. The van der Waals surface area contributed by atoms with Crippen molar-refractivity contribution in [2.75, 3.05) is 0 Å². The van der Waals surface area contributed by atoms with Gasteiger partial charge in [0.1, 0.15) is 6.10 Å². The lowest BCUT2D eigenvalue weighted by Crippen LogP contribution is -2.21. The fraction of sp³-hybridized carbons (Fsp3) is 0.720. The number of hydrogen-bond acceptors (Lipinski definition) is 6. The van der Waals surface area contributed by atoms with Gasteiger partial charge >= 0.3 is 5.97 Å². The van der Waals surface area contributed by atoms with Crippen molar-refractivity contribution in [2.45, 2.75) is 115 Å². The van der Waals surface area contributed by atoms with Crippen LogP contribution in [0, 0.1) is 0 Å². The summed E-state index contributed by atoms with van der Waals surface area (Å²) in [4.78, 5) is 12.3. The first kappa shape index (κ1) is 27.6. The third kappa shape index (κ3) is 13.5. The van der Waals surface area contributed by atoms with E-state index in [0.29, 0.717) is 57.8 Å². The number of ether oxygens (including phenoxy) is 1. The molecular formula is C25H42O6. The summed E-state index contributed by atoms with van der Waals surface area (Å²) >= 11 is 0. The minimum atomic E-state index is -0.633. The van der Waals surface area contributed by atoms with Crippen molar-refractivity contribution < 1.29 is 30.0 Å². The van der Waals surface area contributed by atoms with E-state index in [-0.39, 0.29) is 18.5 Å². The standard InChI is InChI=1S/C25H42O6/c1-17(7-5-8-22(28)16-20(4)26)14-24-15-19(3)13-23(29)12-18(2)11-21(27)9-6-10-25(30)31-24/h11,20-24,26-29H,1,3,5-10,12-16H2,2,4H3/b18-11-/t20-,21-,22+,23-,24+/m0/s1. The van der Waals surface area contributed by atoms with E-state index in [1.807, 2.05) is 6.92 Å². The molecule has 1 rings (SSSR count). The molecule has 0 aromatic heterocycles. The van der Waals surface area contributed by atoms with Gasteiger partial charge in [0, 0.05) is 19.3 Å². The molecule has 6 nitrogen and oxygen atoms in total. The maximum atomic E-state index is 12.3. The third-order valence-corrected chi connectivity index (χ3v) is 5.45. The van der Waals surface area contributed by atoms with Gasteiger partial charge in [0.25, 0.3) is 0 Å². The van der Waals surface area contributed by atoms with Crippen LogP contribution < -0.4 is 0 Å². The van der Waals surface area contributed by atoms with Gasteiger partial charge in [0.2, 0.25) is 0 Å². The minimum Gasteiger partial charge on any atom is -0.462 e. The molecule has 5 atom stereocenters. The number of carbonyl (C=O) groups is 1. The van der Waals surface area contributed by atoms with E-state index in [1.54, 1.807) is 13.0 Å². The quantitative estimate of drug-likeness (QED) is 0.340. The summed E-state index contributed by atoms with van der Waals surface area (Å²) in [6.07, 6.45) is 4.59. The summed E-state index contributed by atoms with van der Waals surface area (Å²) in [5.41, 5.74) is 2.68. The van der Waals surface area contributed by atoms with Gasteiger partial charge in [-0.05, 0) is 65.2 Å². The zero-order valence-corrected chi connectivity index (χ0v) is 19.3. The van der Waals surface area contributed by atoms with Crippen molar-refractivity contribution in [1.82, 2.24) is 0 Å². The van der Waals surface area contributed by atoms with Gasteiger partial charge in [-0.2, -0.15) is 0 Å². The second kappa shape index (κ2) is 14.6. The topological polar surface area (TPSA) is 107 Å². The van der Waals surface area contributed by atoms with Gasteiger partial charge < -0.3 is 25.2 Å². The number of cyclic esters (lactones) is 1. The Morgan fingerprint density at radius 2 is 1.97 bits per heavy atom. The Labute approximate surface area is 187 Å². The maximum Gasteiger partial charge on any atom is 0.306 e. The average Bonchev–Trinajstić information content (AvgIpc) is 2.59. The minimum absolute atomic E-state index is 0.244. The zero-order valence-electron chi connectivity index (χ0n) is 19.3. The third-order valence-electron chi connectivity index (χ3n) is 5.45. The van der Waals surface area contributed by atoms with Crippen molar-refractivity contribution in [3.05, 3.63) is 36.0 Å².